The lowest BCUT2D eigenvalue weighted by Gasteiger charge is -2.09. The van der Waals surface area contributed by atoms with E-state index >= 15 is 0 Å². The van der Waals surface area contributed by atoms with Gasteiger partial charge in [0.2, 0.25) is 5.95 Å². The van der Waals surface area contributed by atoms with Crippen LogP contribution in [0.1, 0.15) is 29.8 Å². The molecule has 4 N–H and O–H groups in total. The summed E-state index contributed by atoms with van der Waals surface area (Å²) in [6.07, 6.45) is 5.20. The molecule has 2 aromatic heterocycles. The molecule has 0 radical (unpaired) electrons. The van der Waals surface area contributed by atoms with Crippen molar-refractivity contribution >= 4 is 23.2 Å². The third-order valence-corrected chi connectivity index (χ3v) is 4.49. The molecule has 2 heterocycles. The summed E-state index contributed by atoms with van der Waals surface area (Å²) in [5, 5.41) is 6.03. The smallest absolute Gasteiger partial charge is 0.255 e. The molecular weight excluding hydrogens is 400 g/mol. The van der Waals surface area contributed by atoms with Crippen LogP contribution in [0, 0.1) is 0 Å². The second-order valence-corrected chi connectivity index (χ2v) is 6.60. The van der Waals surface area contributed by atoms with Crippen molar-refractivity contribution < 1.29 is 4.79 Å². The van der Waals surface area contributed by atoms with E-state index in [0.717, 1.165) is 16.8 Å². The van der Waals surface area contributed by atoms with Gasteiger partial charge >= 0.3 is 0 Å². The molecule has 0 saturated heterocycles. The van der Waals surface area contributed by atoms with E-state index in [1.165, 1.54) is 0 Å². The quantitative estimate of drug-likeness (QED) is 0.374. The van der Waals surface area contributed by atoms with Crippen molar-refractivity contribution in [2.24, 2.45) is 0 Å². The Morgan fingerprint density at radius 1 is 0.938 bits per heavy atom. The second-order valence-electron chi connectivity index (χ2n) is 6.60. The molecule has 0 bridgehead atoms. The normalized spacial score (nSPS) is 9.94. The molecule has 0 spiro atoms. The SMILES string of the molecule is CC.Nc1ccccc1NC(=O)c1ccc(CNc2nccc(-c3cccnc3)n2)cc1. The Kier molecular flexibility index (Phi) is 7.86. The van der Waals surface area contributed by atoms with Gasteiger partial charge in [0.05, 0.1) is 17.1 Å². The molecule has 7 heteroatoms. The Balaban J connectivity index is 0.00000141. The summed E-state index contributed by atoms with van der Waals surface area (Å²) in [7, 11) is 0. The number of carbonyl (C=O) groups is 1. The van der Waals surface area contributed by atoms with Crippen molar-refractivity contribution in [1.29, 1.82) is 0 Å². The van der Waals surface area contributed by atoms with Crippen molar-refractivity contribution in [2.45, 2.75) is 20.4 Å². The first-order valence-corrected chi connectivity index (χ1v) is 10.4. The molecule has 0 aliphatic rings. The third-order valence-electron chi connectivity index (χ3n) is 4.49. The number of nitrogen functional groups attached to an aromatic ring is 1. The zero-order valence-electron chi connectivity index (χ0n) is 18.1. The number of rotatable bonds is 6. The van der Waals surface area contributed by atoms with Gasteiger partial charge in [-0.1, -0.05) is 38.1 Å². The van der Waals surface area contributed by atoms with Crippen molar-refractivity contribution in [3.63, 3.8) is 0 Å². The van der Waals surface area contributed by atoms with Gasteiger partial charge in [-0.05, 0) is 48.0 Å². The summed E-state index contributed by atoms with van der Waals surface area (Å²) in [5.74, 6) is 0.317. The average molecular weight is 427 g/mol. The number of nitrogens with one attached hydrogen (secondary N) is 2. The van der Waals surface area contributed by atoms with E-state index < -0.39 is 0 Å². The highest BCUT2D eigenvalue weighted by atomic mass is 16.1. The van der Waals surface area contributed by atoms with E-state index in [9.17, 15) is 4.79 Å². The Morgan fingerprint density at radius 3 is 2.44 bits per heavy atom. The standard InChI is InChI=1S/C23H20N6O.C2H6/c24-19-5-1-2-6-21(19)28-22(30)17-9-7-16(8-10-17)14-27-23-26-13-11-20(29-23)18-4-3-12-25-15-18;1-2/h1-13,15H,14,24H2,(H,28,30)(H,26,27,29);1-2H3. The highest BCUT2D eigenvalue weighted by Crippen LogP contribution is 2.19. The second kappa shape index (κ2) is 11.2. The Labute approximate surface area is 187 Å². The van der Waals surface area contributed by atoms with Gasteiger partial charge in [-0.15, -0.1) is 0 Å². The molecule has 0 atom stereocenters. The van der Waals surface area contributed by atoms with Crippen molar-refractivity contribution in [3.8, 4) is 11.3 Å². The minimum absolute atomic E-state index is 0.208. The molecule has 4 rings (SSSR count). The van der Waals surface area contributed by atoms with Gasteiger partial charge in [0, 0.05) is 36.3 Å². The van der Waals surface area contributed by atoms with Gasteiger partial charge in [0.15, 0.2) is 0 Å². The lowest BCUT2D eigenvalue weighted by molar-refractivity contribution is 0.102. The zero-order chi connectivity index (χ0) is 22.8. The molecule has 7 nitrogen and oxygen atoms in total. The number of nitrogens with two attached hydrogens (primary N) is 1. The van der Waals surface area contributed by atoms with Crippen LogP contribution < -0.4 is 16.4 Å². The topological polar surface area (TPSA) is 106 Å². The number of amides is 1. The molecular formula is C25H26N6O. The van der Waals surface area contributed by atoms with Gasteiger partial charge in [-0.25, -0.2) is 9.97 Å². The summed E-state index contributed by atoms with van der Waals surface area (Å²) in [6.45, 7) is 4.53. The van der Waals surface area contributed by atoms with Crippen LogP contribution in [0.2, 0.25) is 0 Å². The number of hydrogen-bond donors (Lipinski definition) is 3. The third kappa shape index (κ3) is 5.89. The van der Waals surface area contributed by atoms with Crippen molar-refractivity contribution in [3.05, 3.63) is 96.4 Å². The molecule has 4 aromatic rings. The van der Waals surface area contributed by atoms with E-state index in [2.05, 4.69) is 25.6 Å². The number of carbonyl (C=O) groups excluding carboxylic acids is 1. The maximum Gasteiger partial charge on any atom is 0.255 e. The molecule has 0 aliphatic heterocycles. The number of para-hydroxylation sites is 2. The van der Waals surface area contributed by atoms with E-state index in [0.29, 0.717) is 29.4 Å². The van der Waals surface area contributed by atoms with E-state index in [4.69, 9.17) is 5.73 Å². The first-order chi connectivity index (χ1) is 15.7. The fraction of sp³-hybridized carbons (Fsp3) is 0.120. The van der Waals surface area contributed by atoms with Crippen molar-refractivity contribution in [2.75, 3.05) is 16.4 Å². The summed E-state index contributed by atoms with van der Waals surface area (Å²) in [5.41, 5.74) is 10.3. The summed E-state index contributed by atoms with van der Waals surface area (Å²) in [4.78, 5) is 25.3. The largest absolute Gasteiger partial charge is 0.397 e. The van der Waals surface area contributed by atoms with E-state index in [-0.39, 0.29) is 5.91 Å². The number of hydrogen-bond acceptors (Lipinski definition) is 6. The monoisotopic (exact) mass is 426 g/mol. The summed E-state index contributed by atoms with van der Waals surface area (Å²) < 4.78 is 0. The lowest BCUT2D eigenvalue weighted by atomic mass is 10.1. The molecule has 0 aliphatic carbocycles. The van der Waals surface area contributed by atoms with Gasteiger partial charge in [-0.2, -0.15) is 0 Å². The summed E-state index contributed by atoms with van der Waals surface area (Å²) in [6, 6.07) is 20.2. The van der Waals surface area contributed by atoms with Crippen LogP contribution in [-0.2, 0) is 6.54 Å². The van der Waals surface area contributed by atoms with Crippen LogP contribution in [0.25, 0.3) is 11.3 Å². The molecule has 2 aromatic carbocycles. The molecule has 0 saturated carbocycles. The average Bonchev–Trinajstić information content (AvgIpc) is 2.86. The minimum atomic E-state index is -0.208. The van der Waals surface area contributed by atoms with Crippen LogP contribution in [0.5, 0.6) is 0 Å². The highest BCUT2D eigenvalue weighted by molar-refractivity contribution is 6.05. The predicted molar refractivity (Wildman–Crippen MR) is 129 cm³/mol. The number of aromatic nitrogens is 3. The van der Waals surface area contributed by atoms with Gasteiger partial charge in [0.25, 0.3) is 5.91 Å². The molecule has 162 valence electrons. The maximum atomic E-state index is 12.4. The van der Waals surface area contributed by atoms with Crippen molar-refractivity contribution in [1.82, 2.24) is 15.0 Å². The number of anilines is 3. The number of nitrogens with zero attached hydrogens (tertiary/aromatic N) is 3. The first kappa shape index (κ1) is 22.4. The Bertz CT molecular complexity index is 1150. The van der Waals surface area contributed by atoms with Crippen LogP contribution in [-0.4, -0.2) is 20.9 Å². The molecule has 32 heavy (non-hydrogen) atoms. The van der Waals surface area contributed by atoms with Crippen LogP contribution in [0.15, 0.2) is 85.3 Å². The van der Waals surface area contributed by atoms with Crippen LogP contribution in [0.4, 0.5) is 17.3 Å². The molecule has 0 fully saturated rings. The van der Waals surface area contributed by atoms with Gasteiger partial charge < -0.3 is 16.4 Å². The first-order valence-electron chi connectivity index (χ1n) is 10.4. The maximum absolute atomic E-state index is 12.4. The highest BCUT2D eigenvalue weighted by Gasteiger charge is 2.08. The van der Waals surface area contributed by atoms with E-state index in [1.807, 2.05) is 56.3 Å². The Morgan fingerprint density at radius 2 is 1.72 bits per heavy atom. The van der Waals surface area contributed by atoms with Gasteiger partial charge in [0.1, 0.15) is 0 Å². The number of benzene rings is 2. The minimum Gasteiger partial charge on any atom is -0.397 e. The summed E-state index contributed by atoms with van der Waals surface area (Å²) >= 11 is 0. The van der Waals surface area contributed by atoms with E-state index in [1.54, 1.807) is 42.9 Å². The van der Waals surface area contributed by atoms with Gasteiger partial charge in [-0.3, -0.25) is 9.78 Å². The molecule has 1 amide bonds. The van der Waals surface area contributed by atoms with Crippen LogP contribution in [0.3, 0.4) is 0 Å². The fourth-order valence-corrected chi connectivity index (χ4v) is 2.88. The predicted octanol–water partition coefficient (Wildman–Crippen LogP) is 5.01. The Hall–Kier alpha value is -4.26. The molecule has 0 unspecified atom stereocenters. The fourth-order valence-electron chi connectivity index (χ4n) is 2.88. The number of pyridine rings is 1. The zero-order valence-corrected chi connectivity index (χ0v) is 18.1. The van der Waals surface area contributed by atoms with Crippen LogP contribution >= 0.6 is 0 Å². The lowest BCUT2D eigenvalue weighted by Crippen LogP contribution is -2.13.